The van der Waals surface area contributed by atoms with Gasteiger partial charge in [-0.3, -0.25) is 14.7 Å². The molecule has 17 heavy (non-hydrogen) atoms. The molecule has 0 saturated heterocycles. The van der Waals surface area contributed by atoms with Crippen LogP contribution in [0.3, 0.4) is 0 Å². The summed E-state index contributed by atoms with van der Waals surface area (Å²) in [7, 11) is 0. The Morgan fingerprint density at radius 3 is 2.82 bits per heavy atom. The van der Waals surface area contributed by atoms with E-state index in [1.807, 2.05) is 31.2 Å². The molecule has 0 aliphatic heterocycles. The summed E-state index contributed by atoms with van der Waals surface area (Å²) in [6, 6.07) is 9.03. The third-order valence-electron chi connectivity index (χ3n) is 2.41. The Bertz CT molecular complexity index is 610. The molecule has 1 aromatic heterocycles. The first-order valence-corrected chi connectivity index (χ1v) is 5.15. The monoisotopic (exact) mass is 232 g/mol. The van der Waals surface area contributed by atoms with Crippen molar-refractivity contribution in [2.75, 3.05) is 0 Å². The summed E-state index contributed by atoms with van der Waals surface area (Å²) < 4.78 is 1.07. The first-order valence-electron chi connectivity index (χ1n) is 5.15. The maximum atomic E-state index is 11.5. The minimum atomic E-state index is -1.05. The van der Waals surface area contributed by atoms with E-state index in [-0.39, 0.29) is 12.1 Å². The maximum absolute atomic E-state index is 11.5. The molecule has 2 aromatic rings. The number of benzene rings is 1. The molecule has 2 N–H and O–H groups in total. The van der Waals surface area contributed by atoms with Crippen LogP contribution in [0.2, 0.25) is 0 Å². The molecule has 5 nitrogen and oxygen atoms in total. The Kier molecular flexibility index (Phi) is 2.82. The first kappa shape index (κ1) is 11.2. The van der Waals surface area contributed by atoms with Crippen LogP contribution in [0.5, 0.6) is 0 Å². The van der Waals surface area contributed by atoms with Crippen LogP contribution >= 0.6 is 0 Å². The number of aryl methyl sites for hydroxylation is 1. The minimum absolute atomic E-state index is 0.344. The number of carbonyl (C=O) groups is 1. The number of nitrogens with one attached hydrogen (secondary N) is 1. The molecule has 0 aliphatic carbocycles. The second-order valence-corrected chi connectivity index (χ2v) is 3.86. The highest BCUT2D eigenvalue weighted by molar-refractivity contribution is 5.66. The number of hydrogen-bond donors (Lipinski definition) is 2. The van der Waals surface area contributed by atoms with E-state index in [2.05, 4.69) is 5.10 Å². The van der Waals surface area contributed by atoms with E-state index in [9.17, 15) is 9.59 Å². The van der Waals surface area contributed by atoms with Crippen LogP contribution < -0.4 is 5.56 Å². The van der Waals surface area contributed by atoms with Crippen molar-refractivity contribution in [3.63, 3.8) is 0 Å². The highest BCUT2D eigenvalue weighted by Gasteiger charge is 2.07. The Hall–Kier alpha value is -2.30. The number of aromatic nitrogens is 2. The summed E-state index contributed by atoms with van der Waals surface area (Å²) in [6.07, 6.45) is 0. The molecule has 1 heterocycles. The van der Waals surface area contributed by atoms with E-state index in [1.54, 1.807) is 0 Å². The fourth-order valence-electron chi connectivity index (χ4n) is 1.65. The number of nitrogens with zero attached hydrogens (tertiary/aromatic N) is 1. The number of carboxylic acids is 1. The molecular weight excluding hydrogens is 220 g/mol. The van der Waals surface area contributed by atoms with Crippen molar-refractivity contribution in [2.45, 2.75) is 13.5 Å². The summed E-state index contributed by atoms with van der Waals surface area (Å²) in [5.74, 6) is -1.05. The van der Waals surface area contributed by atoms with Crippen molar-refractivity contribution >= 4 is 5.97 Å². The molecular formula is C12H12N2O3. The molecule has 0 bridgehead atoms. The molecule has 0 atom stereocenters. The zero-order chi connectivity index (χ0) is 12.4. The molecule has 0 unspecified atom stereocenters. The fraction of sp³-hybridized carbons (Fsp3) is 0.167. The maximum Gasteiger partial charge on any atom is 0.325 e. The quantitative estimate of drug-likeness (QED) is 0.835. The SMILES string of the molecule is Cc1cccc(-c2cc(=O)n(CC(=O)O)[nH]2)c1. The summed E-state index contributed by atoms with van der Waals surface area (Å²) in [5.41, 5.74) is 2.23. The summed E-state index contributed by atoms with van der Waals surface area (Å²) in [4.78, 5) is 22.0. The Labute approximate surface area is 97.3 Å². The molecule has 5 heteroatoms. The van der Waals surface area contributed by atoms with Crippen LogP contribution in [-0.4, -0.2) is 20.9 Å². The Morgan fingerprint density at radius 2 is 2.18 bits per heavy atom. The molecule has 88 valence electrons. The average molecular weight is 232 g/mol. The third-order valence-corrected chi connectivity index (χ3v) is 2.41. The van der Waals surface area contributed by atoms with Crippen molar-refractivity contribution in [2.24, 2.45) is 0 Å². The lowest BCUT2D eigenvalue weighted by Gasteiger charge is -2.00. The summed E-state index contributed by atoms with van der Waals surface area (Å²) in [5, 5.41) is 11.4. The van der Waals surface area contributed by atoms with Gasteiger partial charge in [0.05, 0.1) is 5.69 Å². The smallest absolute Gasteiger partial charge is 0.325 e. The number of aromatic amines is 1. The second kappa shape index (κ2) is 4.29. The van der Waals surface area contributed by atoms with Crippen LogP contribution in [0, 0.1) is 6.92 Å². The number of carboxylic acid groups (broad SMARTS) is 1. The molecule has 0 saturated carbocycles. The van der Waals surface area contributed by atoms with Gasteiger partial charge in [0, 0.05) is 6.07 Å². The molecule has 0 amide bonds. The Morgan fingerprint density at radius 1 is 1.41 bits per heavy atom. The Balaban J connectivity index is 2.41. The van der Waals surface area contributed by atoms with Gasteiger partial charge in [0.1, 0.15) is 6.54 Å². The molecule has 0 fully saturated rings. The largest absolute Gasteiger partial charge is 0.480 e. The standard InChI is InChI=1S/C12H12N2O3/c1-8-3-2-4-9(5-8)10-6-11(15)14(13-10)7-12(16)17/h2-6,13H,7H2,1H3,(H,16,17). The lowest BCUT2D eigenvalue weighted by atomic mass is 10.1. The number of hydrogen-bond acceptors (Lipinski definition) is 2. The zero-order valence-corrected chi connectivity index (χ0v) is 9.30. The van der Waals surface area contributed by atoms with Crippen LogP contribution in [-0.2, 0) is 11.3 Å². The normalized spacial score (nSPS) is 10.4. The highest BCUT2D eigenvalue weighted by Crippen LogP contribution is 2.16. The van der Waals surface area contributed by atoms with Gasteiger partial charge in [-0.1, -0.05) is 23.8 Å². The van der Waals surface area contributed by atoms with Crippen molar-refractivity contribution in [1.29, 1.82) is 0 Å². The van der Waals surface area contributed by atoms with Crippen molar-refractivity contribution in [3.8, 4) is 11.3 Å². The van der Waals surface area contributed by atoms with Gasteiger partial charge in [0.15, 0.2) is 0 Å². The predicted octanol–water partition coefficient (Wildman–Crippen LogP) is 1.24. The lowest BCUT2D eigenvalue weighted by molar-refractivity contribution is -0.137. The van der Waals surface area contributed by atoms with E-state index in [4.69, 9.17) is 5.11 Å². The van der Waals surface area contributed by atoms with Crippen molar-refractivity contribution < 1.29 is 9.90 Å². The average Bonchev–Trinajstić information content (AvgIpc) is 2.59. The summed E-state index contributed by atoms with van der Waals surface area (Å²) >= 11 is 0. The van der Waals surface area contributed by atoms with E-state index in [0.717, 1.165) is 15.8 Å². The fourth-order valence-corrected chi connectivity index (χ4v) is 1.65. The van der Waals surface area contributed by atoms with Crippen LogP contribution in [0.15, 0.2) is 35.1 Å². The molecule has 1 aromatic carbocycles. The number of rotatable bonds is 3. The van der Waals surface area contributed by atoms with Crippen LogP contribution in [0.25, 0.3) is 11.3 Å². The van der Waals surface area contributed by atoms with E-state index in [0.29, 0.717) is 5.69 Å². The van der Waals surface area contributed by atoms with Gasteiger partial charge in [-0.05, 0) is 18.6 Å². The molecule has 0 radical (unpaired) electrons. The van der Waals surface area contributed by atoms with E-state index in [1.165, 1.54) is 6.07 Å². The summed E-state index contributed by atoms with van der Waals surface area (Å²) in [6.45, 7) is 1.60. The topological polar surface area (TPSA) is 75.1 Å². The molecule has 0 aliphatic rings. The van der Waals surface area contributed by atoms with Crippen LogP contribution in [0.4, 0.5) is 0 Å². The van der Waals surface area contributed by atoms with Gasteiger partial charge < -0.3 is 5.11 Å². The van der Waals surface area contributed by atoms with Gasteiger partial charge in [0.25, 0.3) is 5.56 Å². The second-order valence-electron chi connectivity index (χ2n) is 3.86. The van der Waals surface area contributed by atoms with Gasteiger partial charge in [-0.15, -0.1) is 0 Å². The van der Waals surface area contributed by atoms with Gasteiger partial charge in [-0.2, -0.15) is 0 Å². The van der Waals surface area contributed by atoms with E-state index < -0.39 is 5.97 Å². The molecule has 0 spiro atoms. The zero-order valence-electron chi connectivity index (χ0n) is 9.30. The van der Waals surface area contributed by atoms with Gasteiger partial charge in [-0.25, -0.2) is 4.68 Å². The van der Waals surface area contributed by atoms with Crippen LogP contribution in [0.1, 0.15) is 5.56 Å². The van der Waals surface area contributed by atoms with Crippen molar-refractivity contribution in [3.05, 3.63) is 46.2 Å². The first-order chi connectivity index (χ1) is 8.06. The number of H-pyrrole nitrogens is 1. The number of aliphatic carboxylic acids is 1. The minimum Gasteiger partial charge on any atom is -0.480 e. The third kappa shape index (κ3) is 2.44. The molecule has 2 rings (SSSR count). The predicted molar refractivity (Wildman–Crippen MR) is 62.9 cm³/mol. The van der Waals surface area contributed by atoms with Gasteiger partial charge >= 0.3 is 5.97 Å². The highest BCUT2D eigenvalue weighted by atomic mass is 16.4. The lowest BCUT2D eigenvalue weighted by Crippen LogP contribution is -2.20. The van der Waals surface area contributed by atoms with Crippen molar-refractivity contribution in [1.82, 2.24) is 9.78 Å². The van der Waals surface area contributed by atoms with E-state index >= 15 is 0 Å². The van der Waals surface area contributed by atoms with Gasteiger partial charge in [0.2, 0.25) is 0 Å².